The molecule has 5 nitrogen and oxygen atoms in total. The Bertz CT molecular complexity index is 469. The molecule has 0 aliphatic carbocycles. The number of rotatable bonds is 8. The monoisotopic (exact) mass is 305 g/mol. The van der Waals surface area contributed by atoms with Gasteiger partial charge in [0.05, 0.1) is 37.9 Å². The fourth-order valence-electron chi connectivity index (χ4n) is 3.28. The predicted molar refractivity (Wildman–Crippen MR) is 89.6 cm³/mol. The molecule has 0 spiro atoms. The fraction of sp³-hybridized carbons (Fsp3) is 0.647. The zero-order valence-electron chi connectivity index (χ0n) is 13.5. The number of nitrogens with zero attached hydrogens (tertiary/aromatic N) is 2. The summed E-state index contributed by atoms with van der Waals surface area (Å²) in [6.07, 6.45) is 1.23. The first-order chi connectivity index (χ1) is 10.9. The van der Waals surface area contributed by atoms with Crippen molar-refractivity contribution in [2.45, 2.75) is 19.4 Å². The van der Waals surface area contributed by atoms with E-state index in [4.69, 9.17) is 9.47 Å². The van der Waals surface area contributed by atoms with Crippen LogP contribution in [-0.4, -0.2) is 63.7 Å². The second-order valence-corrected chi connectivity index (χ2v) is 5.87. The van der Waals surface area contributed by atoms with Gasteiger partial charge < -0.3 is 19.7 Å². The van der Waals surface area contributed by atoms with Gasteiger partial charge in [-0.2, -0.15) is 0 Å². The SMILES string of the molecule is CCOCCOCCN1CCC(N2CNc3ccccc32)C1. The zero-order valence-corrected chi connectivity index (χ0v) is 13.5. The first kappa shape index (κ1) is 15.6. The molecule has 0 aromatic heterocycles. The van der Waals surface area contributed by atoms with E-state index in [2.05, 4.69) is 39.4 Å². The highest BCUT2D eigenvalue weighted by Gasteiger charge is 2.31. The molecule has 2 heterocycles. The van der Waals surface area contributed by atoms with E-state index in [-0.39, 0.29) is 0 Å². The van der Waals surface area contributed by atoms with Gasteiger partial charge >= 0.3 is 0 Å². The average Bonchev–Trinajstić information content (AvgIpc) is 3.17. The highest BCUT2D eigenvalue weighted by atomic mass is 16.5. The van der Waals surface area contributed by atoms with Gasteiger partial charge in [0, 0.05) is 32.3 Å². The molecule has 0 amide bonds. The summed E-state index contributed by atoms with van der Waals surface area (Å²) in [5, 5.41) is 3.48. The van der Waals surface area contributed by atoms with E-state index in [9.17, 15) is 0 Å². The molecule has 1 unspecified atom stereocenters. The Hall–Kier alpha value is -1.30. The van der Waals surface area contributed by atoms with E-state index in [0.717, 1.165) is 39.5 Å². The van der Waals surface area contributed by atoms with E-state index in [0.29, 0.717) is 19.3 Å². The van der Waals surface area contributed by atoms with Crippen LogP contribution in [0, 0.1) is 0 Å². The van der Waals surface area contributed by atoms with Crippen LogP contribution < -0.4 is 10.2 Å². The zero-order chi connectivity index (χ0) is 15.2. The molecule has 22 heavy (non-hydrogen) atoms. The molecule has 1 saturated heterocycles. The summed E-state index contributed by atoms with van der Waals surface area (Å²) in [6.45, 7) is 9.23. The lowest BCUT2D eigenvalue weighted by atomic mass is 10.2. The number of ether oxygens (including phenoxy) is 2. The van der Waals surface area contributed by atoms with Gasteiger partial charge in [0.2, 0.25) is 0 Å². The first-order valence-corrected chi connectivity index (χ1v) is 8.36. The third-order valence-electron chi connectivity index (χ3n) is 4.47. The quantitative estimate of drug-likeness (QED) is 0.744. The fourth-order valence-corrected chi connectivity index (χ4v) is 3.28. The highest BCUT2D eigenvalue weighted by Crippen LogP contribution is 2.34. The Kier molecular flexibility index (Phi) is 5.53. The number of anilines is 2. The standard InChI is InChI=1S/C17H27N3O2/c1-2-21-11-12-22-10-9-19-8-7-15(13-19)20-14-18-16-5-3-4-6-17(16)20/h3-6,15,18H,2,7-14H2,1H3. The van der Waals surface area contributed by atoms with Gasteiger partial charge in [-0.05, 0) is 25.5 Å². The third kappa shape index (κ3) is 3.72. The number of likely N-dealkylation sites (tertiary alicyclic amines) is 1. The van der Waals surface area contributed by atoms with Crippen molar-refractivity contribution in [3.8, 4) is 0 Å². The van der Waals surface area contributed by atoms with Crippen molar-refractivity contribution in [1.82, 2.24) is 4.90 Å². The molecular formula is C17H27N3O2. The molecule has 0 saturated carbocycles. The largest absolute Gasteiger partial charge is 0.379 e. The van der Waals surface area contributed by atoms with Gasteiger partial charge in [-0.15, -0.1) is 0 Å². The third-order valence-corrected chi connectivity index (χ3v) is 4.47. The van der Waals surface area contributed by atoms with E-state index in [1.54, 1.807) is 0 Å². The van der Waals surface area contributed by atoms with Crippen molar-refractivity contribution in [3.05, 3.63) is 24.3 Å². The summed E-state index contributed by atoms with van der Waals surface area (Å²) in [7, 11) is 0. The van der Waals surface area contributed by atoms with E-state index in [1.165, 1.54) is 17.8 Å². The number of hydrogen-bond acceptors (Lipinski definition) is 5. The second-order valence-electron chi connectivity index (χ2n) is 5.87. The Morgan fingerprint density at radius 1 is 1.18 bits per heavy atom. The summed E-state index contributed by atoms with van der Waals surface area (Å²) < 4.78 is 10.9. The lowest BCUT2D eigenvalue weighted by molar-refractivity contribution is 0.0450. The maximum absolute atomic E-state index is 5.62. The van der Waals surface area contributed by atoms with Crippen LogP contribution in [0.5, 0.6) is 0 Å². The molecule has 5 heteroatoms. The van der Waals surface area contributed by atoms with Gasteiger partial charge in [0.15, 0.2) is 0 Å². The maximum Gasteiger partial charge on any atom is 0.0881 e. The summed E-state index contributed by atoms with van der Waals surface area (Å²) in [4.78, 5) is 5.01. The van der Waals surface area contributed by atoms with Crippen LogP contribution in [0.1, 0.15) is 13.3 Å². The van der Waals surface area contributed by atoms with Crippen LogP contribution in [0.3, 0.4) is 0 Å². The molecule has 2 aliphatic heterocycles. The van der Waals surface area contributed by atoms with Gasteiger partial charge in [-0.3, -0.25) is 4.90 Å². The van der Waals surface area contributed by atoms with Gasteiger partial charge in [0.25, 0.3) is 0 Å². The molecule has 2 aliphatic rings. The van der Waals surface area contributed by atoms with E-state index < -0.39 is 0 Å². The van der Waals surface area contributed by atoms with Gasteiger partial charge in [-0.25, -0.2) is 0 Å². The van der Waals surface area contributed by atoms with Crippen molar-refractivity contribution in [3.63, 3.8) is 0 Å². The van der Waals surface area contributed by atoms with Crippen LogP contribution in [0.4, 0.5) is 11.4 Å². The van der Waals surface area contributed by atoms with Crippen LogP contribution in [0.25, 0.3) is 0 Å². The minimum atomic E-state index is 0.611. The number of benzene rings is 1. The minimum absolute atomic E-state index is 0.611. The lowest BCUT2D eigenvalue weighted by Crippen LogP contribution is -2.38. The number of nitrogens with one attached hydrogen (secondary N) is 1. The van der Waals surface area contributed by atoms with Crippen LogP contribution in [0.2, 0.25) is 0 Å². The lowest BCUT2D eigenvalue weighted by Gasteiger charge is -2.26. The molecule has 3 rings (SSSR count). The molecule has 1 aromatic carbocycles. The maximum atomic E-state index is 5.62. The van der Waals surface area contributed by atoms with Crippen molar-refractivity contribution < 1.29 is 9.47 Å². The molecule has 1 atom stereocenters. The smallest absolute Gasteiger partial charge is 0.0881 e. The predicted octanol–water partition coefficient (Wildman–Crippen LogP) is 2.00. The Labute approximate surface area is 133 Å². The van der Waals surface area contributed by atoms with Gasteiger partial charge in [0.1, 0.15) is 0 Å². The van der Waals surface area contributed by atoms with E-state index in [1.807, 2.05) is 6.92 Å². The molecular weight excluding hydrogens is 278 g/mol. The number of fused-ring (bicyclic) bond motifs is 1. The highest BCUT2D eigenvalue weighted by molar-refractivity contribution is 5.75. The normalized spacial score (nSPS) is 21.1. The van der Waals surface area contributed by atoms with Crippen molar-refractivity contribution >= 4 is 11.4 Å². The van der Waals surface area contributed by atoms with Crippen molar-refractivity contribution in [1.29, 1.82) is 0 Å². The number of hydrogen-bond donors (Lipinski definition) is 1. The second kappa shape index (κ2) is 7.81. The minimum Gasteiger partial charge on any atom is -0.379 e. The number of para-hydroxylation sites is 2. The average molecular weight is 305 g/mol. The summed E-state index contributed by atoms with van der Waals surface area (Å²) >= 11 is 0. The molecule has 122 valence electrons. The van der Waals surface area contributed by atoms with Crippen molar-refractivity contribution in [2.75, 3.05) is 62.9 Å². The Morgan fingerprint density at radius 2 is 2.05 bits per heavy atom. The van der Waals surface area contributed by atoms with Crippen LogP contribution in [-0.2, 0) is 9.47 Å². The summed E-state index contributed by atoms with van der Waals surface area (Å²) in [5.41, 5.74) is 2.61. The summed E-state index contributed by atoms with van der Waals surface area (Å²) in [6, 6.07) is 9.20. The van der Waals surface area contributed by atoms with E-state index >= 15 is 0 Å². The Morgan fingerprint density at radius 3 is 2.95 bits per heavy atom. The van der Waals surface area contributed by atoms with Crippen LogP contribution >= 0.6 is 0 Å². The topological polar surface area (TPSA) is 37.0 Å². The first-order valence-electron chi connectivity index (χ1n) is 8.36. The molecule has 0 bridgehead atoms. The molecule has 1 fully saturated rings. The van der Waals surface area contributed by atoms with Crippen LogP contribution in [0.15, 0.2) is 24.3 Å². The molecule has 1 N–H and O–H groups in total. The van der Waals surface area contributed by atoms with Gasteiger partial charge in [-0.1, -0.05) is 12.1 Å². The Balaban J connectivity index is 1.40. The summed E-state index contributed by atoms with van der Waals surface area (Å²) in [5.74, 6) is 0. The van der Waals surface area contributed by atoms with Crippen molar-refractivity contribution in [2.24, 2.45) is 0 Å². The molecule has 0 radical (unpaired) electrons. The molecule has 1 aromatic rings.